The van der Waals surface area contributed by atoms with Crippen LogP contribution in [0.3, 0.4) is 0 Å². The topological polar surface area (TPSA) is 55.8 Å². The van der Waals surface area contributed by atoms with E-state index in [1.807, 2.05) is 12.2 Å². The minimum absolute atomic E-state index is 0.0585. The van der Waals surface area contributed by atoms with Gasteiger partial charge in [-0.05, 0) is 0 Å². The Hall–Kier alpha value is -1.62. The minimum atomic E-state index is -0.520. The Bertz CT molecular complexity index is 415. The van der Waals surface area contributed by atoms with Gasteiger partial charge < -0.3 is 14.4 Å². The molecule has 1 saturated heterocycles. The molecule has 0 radical (unpaired) electrons. The zero-order valence-corrected chi connectivity index (χ0v) is 10.6. The van der Waals surface area contributed by atoms with Crippen LogP contribution in [-0.2, 0) is 19.1 Å². The summed E-state index contributed by atoms with van der Waals surface area (Å²) in [4.78, 5) is 24.6. The van der Waals surface area contributed by atoms with E-state index >= 15 is 0 Å². The SMILES string of the molecule is C=C1/C=C\CN2C(=O)[C@H](OC)[C@@H]2[C@H](OC(C)=O)C1. The van der Waals surface area contributed by atoms with Crippen molar-refractivity contribution in [2.75, 3.05) is 13.7 Å². The second kappa shape index (κ2) is 4.94. The van der Waals surface area contributed by atoms with E-state index in [4.69, 9.17) is 9.47 Å². The number of β-lactam (4-membered cyclic amide) rings is 1. The quantitative estimate of drug-likeness (QED) is 0.534. The van der Waals surface area contributed by atoms with Crippen LogP contribution in [0.4, 0.5) is 0 Å². The van der Waals surface area contributed by atoms with Crippen LogP contribution in [0.2, 0.25) is 0 Å². The van der Waals surface area contributed by atoms with Crippen molar-refractivity contribution >= 4 is 11.9 Å². The minimum Gasteiger partial charge on any atom is -0.460 e. The van der Waals surface area contributed by atoms with Crippen LogP contribution in [0.5, 0.6) is 0 Å². The summed E-state index contributed by atoms with van der Waals surface area (Å²) >= 11 is 0. The van der Waals surface area contributed by atoms with Gasteiger partial charge in [-0.15, -0.1) is 0 Å². The molecule has 0 aromatic heterocycles. The van der Waals surface area contributed by atoms with Crippen molar-refractivity contribution < 1.29 is 19.1 Å². The molecule has 2 heterocycles. The fourth-order valence-electron chi connectivity index (χ4n) is 2.49. The molecule has 0 aromatic carbocycles. The number of hydrogen-bond donors (Lipinski definition) is 0. The van der Waals surface area contributed by atoms with Gasteiger partial charge in [0.25, 0.3) is 5.91 Å². The summed E-state index contributed by atoms with van der Waals surface area (Å²) in [6.45, 7) is 5.77. The van der Waals surface area contributed by atoms with Gasteiger partial charge in [0.05, 0.1) is 0 Å². The molecule has 0 unspecified atom stereocenters. The Morgan fingerprint density at radius 1 is 1.56 bits per heavy atom. The molecule has 5 heteroatoms. The zero-order chi connectivity index (χ0) is 13.3. The highest BCUT2D eigenvalue weighted by Gasteiger charge is 2.52. The molecule has 0 spiro atoms. The molecule has 0 saturated carbocycles. The summed E-state index contributed by atoms with van der Waals surface area (Å²) in [6, 6.07) is -0.215. The summed E-state index contributed by atoms with van der Waals surface area (Å²) in [7, 11) is 1.49. The van der Waals surface area contributed by atoms with E-state index in [0.29, 0.717) is 13.0 Å². The largest absolute Gasteiger partial charge is 0.460 e. The molecule has 3 atom stereocenters. The van der Waals surface area contributed by atoms with Crippen LogP contribution < -0.4 is 0 Å². The molecule has 0 aromatic rings. The molecule has 98 valence electrons. The lowest BCUT2D eigenvalue weighted by Gasteiger charge is -2.49. The monoisotopic (exact) mass is 251 g/mol. The first kappa shape index (κ1) is 12.8. The van der Waals surface area contributed by atoms with E-state index in [0.717, 1.165) is 5.57 Å². The number of rotatable bonds is 2. The van der Waals surface area contributed by atoms with Gasteiger partial charge in [0.15, 0.2) is 6.10 Å². The summed E-state index contributed by atoms with van der Waals surface area (Å²) in [5.41, 5.74) is 0.884. The maximum atomic E-state index is 11.8. The zero-order valence-electron chi connectivity index (χ0n) is 10.6. The van der Waals surface area contributed by atoms with Crippen molar-refractivity contribution in [1.82, 2.24) is 4.90 Å². The first-order valence-corrected chi connectivity index (χ1v) is 5.89. The molecule has 2 aliphatic rings. The lowest BCUT2D eigenvalue weighted by molar-refractivity contribution is -0.186. The number of carbonyl (C=O) groups excluding carboxylic acids is 2. The average molecular weight is 251 g/mol. The molecule has 0 N–H and O–H groups in total. The molecule has 0 aliphatic carbocycles. The number of nitrogens with zero attached hydrogens (tertiary/aromatic N) is 1. The lowest BCUT2D eigenvalue weighted by Crippen LogP contribution is -2.70. The van der Waals surface area contributed by atoms with Gasteiger partial charge in [-0.2, -0.15) is 0 Å². The van der Waals surface area contributed by atoms with E-state index in [1.54, 1.807) is 4.90 Å². The maximum absolute atomic E-state index is 11.8. The highest BCUT2D eigenvalue weighted by atomic mass is 16.5. The van der Waals surface area contributed by atoms with Crippen molar-refractivity contribution in [1.29, 1.82) is 0 Å². The standard InChI is InChI=1S/C13H17NO4/c1-8-5-4-6-14-11(12(17-3)13(14)16)10(7-8)18-9(2)15/h4-5,10-12H,1,6-7H2,2-3H3/b5-4-/t10-,11+,12-/m1/s1. The molecule has 2 aliphatic heterocycles. The Balaban J connectivity index is 2.23. The van der Waals surface area contributed by atoms with Gasteiger partial charge in [-0.25, -0.2) is 0 Å². The van der Waals surface area contributed by atoms with E-state index in [-0.39, 0.29) is 24.0 Å². The van der Waals surface area contributed by atoms with Crippen LogP contribution in [0.25, 0.3) is 0 Å². The third-order valence-corrected chi connectivity index (χ3v) is 3.27. The van der Waals surface area contributed by atoms with Gasteiger partial charge >= 0.3 is 5.97 Å². The number of amides is 1. The molecule has 0 bridgehead atoms. The summed E-state index contributed by atoms with van der Waals surface area (Å²) in [6.07, 6.45) is 3.37. The maximum Gasteiger partial charge on any atom is 0.302 e. The van der Waals surface area contributed by atoms with E-state index in [9.17, 15) is 9.59 Å². The number of fused-ring (bicyclic) bond motifs is 1. The van der Waals surface area contributed by atoms with Crippen LogP contribution in [0.1, 0.15) is 13.3 Å². The van der Waals surface area contributed by atoms with Crippen molar-refractivity contribution in [2.45, 2.75) is 31.6 Å². The number of ether oxygens (including phenoxy) is 2. The predicted molar refractivity (Wildman–Crippen MR) is 64.7 cm³/mol. The van der Waals surface area contributed by atoms with Gasteiger partial charge in [0.1, 0.15) is 12.1 Å². The van der Waals surface area contributed by atoms with Crippen LogP contribution >= 0.6 is 0 Å². The third-order valence-electron chi connectivity index (χ3n) is 3.27. The molecular formula is C13H17NO4. The summed E-state index contributed by atoms with van der Waals surface area (Å²) in [5, 5.41) is 0. The van der Waals surface area contributed by atoms with Crippen LogP contribution in [0.15, 0.2) is 24.3 Å². The van der Waals surface area contributed by atoms with Gasteiger partial charge in [-0.1, -0.05) is 24.3 Å². The predicted octanol–water partition coefficient (Wildman–Crippen LogP) is 0.660. The van der Waals surface area contributed by atoms with Gasteiger partial charge in [0.2, 0.25) is 0 Å². The van der Waals surface area contributed by atoms with Gasteiger partial charge in [0, 0.05) is 27.0 Å². The Kier molecular flexibility index (Phi) is 3.52. The van der Waals surface area contributed by atoms with Crippen molar-refractivity contribution in [3.8, 4) is 0 Å². The molecular weight excluding hydrogens is 234 g/mol. The number of hydrogen-bond acceptors (Lipinski definition) is 4. The number of carbonyl (C=O) groups is 2. The normalized spacial score (nSPS) is 33.0. The van der Waals surface area contributed by atoms with Crippen molar-refractivity contribution in [3.63, 3.8) is 0 Å². The first-order valence-electron chi connectivity index (χ1n) is 5.89. The fraction of sp³-hybridized carbons (Fsp3) is 0.538. The molecule has 1 fully saturated rings. The molecule has 1 amide bonds. The second-order valence-electron chi connectivity index (χ2n) is 4.55. The Labute approximate surface area is 106 Å². The molecule has 2 rings (SSSR count). The molecule has 5 nitrogen and oxygen atoms in total. The third kappa shape index (κ3) is 2.18. The number of esters is 1. The lowest BCUT2D eigenvalue weighted by atomic mass is 9.87. The van der Waals surface area contributed by atoms with Crippen LogP contribution in [-0.4, -0.2) is 48.7 Å². The van der Waals surface area contributed by atoms with Crippen LogP contribution in [0, 0.1) is 0 Å². The number of allylic oxidation sites excluding steroid dienone is 1. The van der Waals surface area contributed by atoms with E-state index < -0.39 is 6.10 Å². The van der Waals surface area contributed by atoms with Gasteiger partial charge in [-0.3, -0.25) is 9.59 Å². The first-order chi connectivity index (χ1) is 8.54. The summed E-state index contributed by atoms with van der Waals surface area (Å²) < 4.78 is 10.5. The smallest absolute Gasteiger partial charge is 0.302 e. The number of methoxy groups -OCH3 is 1. The van der Waals surface area contributed by atoms with Crippen molar-refractivity contribution in [3.05, 3.63) is 24.3 Å². The highest BCUT2D eigenvalue weighted by molar-refractivity contribution is 5.89. The fourth-order valence-corrected chi connectivity index (χ4v) is 2.49. The molecule has 18 heavy (non-hydrogen) atoms. The van der Waals surface area contributed by atoms with Crippen molar-refractivity contribution in [2.24, 2.45) is 0 Å². The Morgan fingerprint density at radius 3 is 2.89 bits per heavy atom. The summed E-state index contributed by atoms with van der Waals surface area (Å²) in [5.74, 6) is -0.414. The van der Waals surface area contributed by atoms with E-state index in [2.05, 4.69) is 6.58 Å². The second-order valence-corrected chi connectivity index (χ2v) is 4.55. The van der Waals surface area contributed by atoms with E-state index in [1.165, 1.54) is 14.0 Å². The average Bonchev–Trinajstić information content (AvgIpc) is 2.28. The Morgan fingerprint density at radius 2 is 2.28 bits per heavy atom. The highest BCUT2D eigenvalue weighted by Crippen LogP contribution is 2.31.